The predicted molar refractivity (Wildman–Crippen MR) is 115 cm³/mol. The third-order valence-electron chi connectivity index (χ3n) is 5.07. The number of hydrogen-bond donors (Lipinski definition) is 3. The van der Waals surface area contributed by atoms with E-state index in [2.05, 4.69) is 46.4 Å². The Hall–Kier alpha value is -3.82. The number of amides is 1. The van der Waals surface area contributed by atoms with Crippen LogP contribution in [0.5, 0.6) is 0 Å². The van der Waals surface area contributed by atoms with E-state index in [9.17, 15) is 9.90 Å². The average Bonchev–Trinajstić information content (AvgIpc) is 3.10. The zero-order chi connectivity index (χ0) is 20.9. The summed E-state index contributed by atoms with van der Waals surface area (Å²) < 4.78 is 5.46. The van der Waals surface area contributed by atoms with Crippen LogP contribution in [0.25, 0.3) is 11.1 Å². The van der Waals surface area contributed by atoms with Crippen LogP contribution >= 0.6 is 0 Å². The number of nitrogen functional groups attached to an aromatic ring is 1. The van der Waals surface area contributed by atoms with Gasteiger partial charge in [-0.2, -0.15) is 0 Å². The number of carbonyl (C=O) groups is 1. The Labute approximate surface area is 174 Å². The summed E-state index contributed by atoms with van der Waals surface area (Å²) in [5, 5.41) is 11.9. The van der Waals surface area contributed by atoms with Gasteiger partial charge in [0.1, 0.15) is 12.4 Å². The van der Waals surface area contributed by atoms with Crippen LogP contribution in [0.2, 0.25) is 0 Å². The van der Waals surface area contributed by atoms with Crippen LogP contribution in [-0.4, -0.2) is 29.3 Å². The van der Waals surface area contributed by atoms with Crippen molar-refractivity contribution in [3.63, 3.8) is 0 Å². The van der Waals surface area contributed by atoms with Crippen molar-refractivity contribution in [3.05, 3.63) is 83.0 Å². The van der Waals surface area contributed by atoms with E-state index in [0.717, 1.165) is 0 Å². The highest BCUT2D eigenvalue weighted by molar-refractivity contribution is 5.79. The maximum atomic E-state index is 12.1. The third-order valence-corrected chi connectivity index (χ3v) is 5.07. The lowest BCUT2D eigenvalue weighted by Crippen LogP contribution is -2.26. The van der Waals surface area contributed by atoms with Gasteiger partial charge >= 0.3 is 6.09 Å². The molecule has 1 aliphatic rings. The van der Waals surface area contributed by atoms with Crippen molar-refractivity contribution >= 4 is 11.9 Å². The molecule has 1 aliphatic carbocycles. The number of benzene rings is 2. The molecule has 0 spiro atoms. The molecule has 0 saturated carbocycles. The van der Waals surface area contributed by atoms with Crippen LogP contribution in [0.4, 0.5) is 10.6 Å². The molecule has 1 amide bonds. The number of rotatable bonds is 4. The second-order valence-corrected chi connectivity index (χ2v) is 6.91. The molecule has 6 heteroatoms. The first kappa shape index (κ1) is 19.5. The Bertz CT molecular complexity index is 1100. The van der Waals surface area contributed by atoms with E-state index < -0.39 is 6.09 Å². The molecular formula is C24H21N3O3. The van der Waals surface area contributed by atoms with Crippen LogP contribution in [-0.2, 0) is 11.3 Å². The number of nitrogens with two attached hydrogens (primary N) is 1. The van der Waals surface area contributed by atoms with Crippen LogP contribution in [0, 0.1) is 11.8 Å². The largest absolute Gasteiger partial charge is 0.449 e. The summed E-state index contributed by atoms with van der Waals surface area (Å²) in [5.74, 6) is 6.01. The molecule has 0 aliphatic heterocycles. The number of aromatic nitrogens is 1. The number of nitrogens with one attached hydrogen (secondary N) is 1. The number of nitrogens with zero attached hydrogens (tertiary/aromatic N) is 1. The topological polar surface area (TPSA) is 97.5 Å². The van der Waals surface area contributed by atoms with Crippen LogP contribution in [0.1, 0.15) is 28.2 Å². The molecule has 6 nitrogen and oxygen atoms in total. The van der Waals surface area contributed by atoms with Crippen molar-refractivity contribution in [1.82, 2.24) is 10.3 Å². The molecule has 0 unspecified atom stereocenters. The second kappa shape index (κ2) is 8.68. The number of fused-ring (bicyclic) bond motifs is 3. The lowest BCUT2D eigenvalue weighted by Gasteiger charge is -2.14. The lowest BCUT2D eigenvalue weighted by molar-refractivity contribution is 0.144. The number of aliphatic hydroxyl groups excluding tert-OH is 1. The predicted octanol–water partition coefficient (Wildman–Crippen LogP) is 3.05. The number of aliphatic hydroxyl groups is 1. The van der Waals surface area contributed by atoms with Gasteiger partial charge in [0.25, 0.3) is 0 Å². The van der Waals surface area contributed by atoms with Gasteiger partial charge in [0.15, 0.2) is 0 Å². The van der Waals surface area contributed by atoms with Crippen LogP contribution in [0.15, 0.2) is 60.8 Å². The average molecular weight is 399 g/mol. The van der Waals surface area contributed by atoms with Crippen molar-refractivity contribution in [2.45, 2.75) is 12.5 Å². The van der Waals surface area contributed by atoms with Crippen LogP contribution < -0.4 is 11.1 Å². The maximum absolute atomic E-state index is 12.1. The normalized spacial score (nSPS) is 11.8. The molecule has 1 aromatic heterocycles. The molecule has 2 aromatic carbocycles. The Balaban J connectivity index is 1.34. The quantitative estimate of drug-likeness (QED) is 0.586. The molecule has 0 bridgehead atoms. The number of ether oxygens (including phenoxy) is 1. The summed E-state index contributed by atoms with van der Waals surface area (Å²) in [6.45, 7) is 0.191. The molecule has 1 heterocycles. The fourth-order valence-corrected chi connectivity index (χ4v) is 3.63. The first-order valence-corrected chi connectivity index (χ1v) is 9.60. The Morgan fingerprint density at radius 1 is 1.13 bits per heavy atom. The molecule has 3 aromatic rings. The standard InChI is InChI=1S/C24H21N3O3/c25-23-17(14-28)12-16(13-27-23)6-5-11-26-24(29)30-15-22-20-9-3-1-7-18(20)19-8-2-4-10-21(19)22/h1-4,7-10,12-13,22,28H,11,14-15H2,(H2,25,27)(H,26,29). The minimum atomic E-state index is -0.516. The fraction of sp³-hybridized carbons (Fsp3) is 0.167. The smallest absolute Gasteiger partial charge is 0.407 e. The molecule has 0 radical (unpaired) electrons. The van der Waals surface area contributed by atoms with E-state index in [4.69, 9.17) is 10.5 Å². The highest BCUT2D eigenvalue weighted by atomic mass is 16.5. The summed E-state index contributed by atoms with van der Waals surface area (Å²) in [4.78, 5) is 16.1. The van der Waals surface area contributed by atoms with Gasteiger partial charge in [0, 0.05) is 23.2 Å². The Morgan fingerprint density at radius 3 is 2.47 bits per heavy atom. The van der Waals surface area contributed by atoms with Gasteiger partial charge in [-0.3, -0.25) is 0 Å². The monoisotopic (exact) mass is 399 g/mol. The fourth-order valence-electron chi connectivity index (χ4n) is 3.63. The van der Waals surface area contributed by atoms with Crippen molar-refractivity contribution in [2.24, 2.45) is 0 Å². The highest BCUT2D eigenvalue weighted by Crippen LogP contribution is 2.44. The first-order chi connectivity index (χ1) is 14.7. The summed E-state index contributed by atoms with van der Waals surface area (Å²) in [7, 11) is 0. The van der Waals surface area contributed by atoms with E-state index in [1.54, 1.807) is 6.07 Å². The van der Waals surface area contributed by atoms with Gasteiger partial charge in [0.2, 0.25) is 0 Å². The Kier molecular flexibility index (Phi) is 5.64. The minimum Gasteiger partial charge on any atom is -0.449 e. The number of hydrogen-bond acceptors (Lipinski definition) is 5. The summed E-state index contributed by atoms with van der Waals surface area (Å²) in [6, 6.07) is 18.1. The lowest BCUT2D eigenvalue weighted by atomic mass is 9.98. The van der Waals surface area contributed by atoms with E-state index in [-0.39, 0.29) is 31.5 Å². The van der Waals surface area contributed by atoms with Crippen molar-refractivity contribution in [3.8, 4) is 23.0 Å². The zero-order valence-corrected chi connectivity index (χ0v) is 16.3. The molecule has 4 N–H and O–H groups in total. The van der Waals surface area contributed by atoms with Crippen molar-refractivity contribution in [1.29, 1.82) is 0 Å². The first-order valence-electron chi connectivity index (χ1n) is 9.60. The van der Waals surface area contributed by atoms with Crippen LogP contribution in [0.3, 0.4) is 0 Å². The van der Waals surface area contributed by atoms with Gasteiger partial charge in [-0.15, -0.1) is 0 Å². The van der Waals surface area contributed by atoms with E-state index in [0.29, 0.717) is 11.1 Å². The molecule has 150 valence electrons. The summed E-state index contributed by atoms with van der Waals surface area (Å²) >= 11 is 0. The number of alkyl carbamates (subject to hydrolysis) is 1. The third kappa shape index (κ3) is 3.97. The van der Waals surface area contributed by atoms with Gasteiger partial charge < -0.3 is 20.9 Å². The van der Waals surface area contributed by atoms with Gasteiger partial charge in [-0.1, -0.05) is 60.4 Å². The summed E-state index contributed by atoms with van der Waals surface area (Å²) in [5.41, 5.74) is 11.5. The number of carbonyl (C=O) groups excluding carboxylic acids is 1. The second-order valence-electron chi connectivity index (χ2n) is 6.91. The van der Waals surface area contributed by atoms with E-state index in [1.165, 1.54) is 28.5 Å². The highest BCUT2D eigenvalue weighted by Gasteiger charge is 2.28. The number of anilines is 1. The van der Waals surface area contributed by atoms with E-state index in [1.807, 2.05) is 24.3 Å². The molecular weight excluding hydrogens is 378 g/mol. The van der Waals surface area contributed by atoms with Gasteiger partial charge in [-0.05, 0) is 28.3 Å². The SMILES string of the molecule is Nc1ncc(C#CCNC(=O)OCC2c3ccccc3-c3ccccc32)cc1CO. The molecule has 0 fully saturated rings. The van der Waals surface area contributed by atoms with Crippen molar-refractivity contribution in [2.75, 3.05) is 18.9 Å². The van der Waals surface area contributed by atoms with Gasteiger partial charge in [-0.25, -0.2) is 9.78 Å². The van der Waals surface area contributed by atoms with Gasteiger partial charge in [0.05, 0.1) is 13.2 Å². The maximum Gasteiger partial charge on any atom is 0.407 e. The number of pyridine rings is 1. The molecule has 0 atom stereocenters. The molecule has 4 rings (SSSR count). The minimum absolute atomic E-state index is 0.0204. The summed E-state index contributed by atoms with van der Waals surface area (Å²) in [6.07, 6.45) is 1.01. The zero-order valence-electron chi connectivity index (χ0n) is 16.3. The Morgan fingerprint density at radius 2 is 1.80 bits per heavy atom. The molecule has 30 heavy (non-hydrogen) atoms. The molecule has 0 saturated heterocycles. The van der Waals surface area contributed by atoms with E-state index >= 15 is 0 Å². The van der Waals surface area contributed by atoms with Crippen molar-refractivity contribution < 1.29 is 14.6 Å².